The lowest BCUT2D eigenvalue weighted by Gasteiger charge is -2.08. The van der Waals surface area contributed by atoms with Crippen LogP contribution in [0.25, 0.3) is 0 Å². The molecule has 2 heterocycles. The molecular formula is C13H16N4O3S. The highest BCUT2D eigenvalue weighted by Crippen LogP contribution is 2.24. The van der Waals surface area contributed by atoms with Gasteiger partial charge in [-0.3, -0.25) is 4.57 Å². The fourth-order valence-electron chi connectivity index (χ4n) is 1.69. The first-order valence-corrected chi connectivity index (χ1v) is 7.32. The van der Waals surface area contributed by atoms with Gasteiger partial charge in [0.1, 0.15) is 5.03 Å². The zero-order valence-corrected chi connectivity index (χ0v) is 12.8. The molecule has 0 bridgehead atoms. The van der Waals surface area contributed by atoms with Crippen LogP contribution in [0.1, 0.15) is 37.2 Å². The summed E-state index contributed by atoms with van der Waals surface area (Å²) in [5.41, 5.74) is 0.139. The number of hydrogen-bond donors (Lipinski definition) is 1. The van der Waals surface area contributed by atoms with E-state index in [2.05, 4.69) is 15.2 Å². The summed E-state index contributed by atoms with van der Waals surface area (Å²) in [5, 5.41) is 7.57. The molecule has 0 aliphatic rings. The van der Waals surface area contributed by atoms with E-state index < -0.39 is 5.97 Å². The first kappa shape index (κ1) is 15.3. The summed E-state index contributed by atoms with van der Waals surface area (Å²) >= 11 is 1.25. The average Bonchev–Trinajstić information content (AvgIpc) is 2.81. The maximum atomic E-state index is 11.6. The molecule has 0 spiro atoms. The molecule has 0 atom stereocenters. The average molecular weight is 308 g/mol. The van der Waals surface area contributed by atoms with Crippen LogP contribution in [0.2, 0.25) is 0 Å². The van der Waals surface area contributed by atoms with Crippen molar-refractivity contribution in [2.24, 2.45) is 0 Å². The van der Waals surface area contributed by atoms with Crippen molar-refractivity contribution in [2.45, 2.75) is 37.0 Å². The number of carbonyl (C=O) groups excluding carboxylic acids is 1. The summed E-state index contributed by atoms with van der Waals surface area (Å²) in [6.07, 6.45) is 1.45. The van der Waals surface area contributed by atoms with Crippen molar-refractivity contribution >= 4 is 17.7 Å². The van der Waals surface area contributed by atoms with Gasteiger partial charge in [0.25, 0.3) is 0 Å². The monoisotopic (exact) mass is 308 g/mol. The fourth-order valence-corrected chi connectivity index (χ4v) is 2.60. The maximum absolute atomic E-state index is 11.6. The Morgan fingerprint density at radius 1 is 1.48 bits per heavy atom. The van der Waals surface area contributed by atoms with Crippen molar-refractivity contribution < 1.29 is 9.53 Å². The number of aromatic amines is 1. The van der Waals surface area contributed by atoms with E-state index in [9.17, 15) is 9.59 Å². The van der Waals surface area contributed by atoms with Crippen LogP contribution in [0.3, 0.4) is 0 Å². The van der Waals surface area contributed by atoms with Crippen LogP contribution in [0.15, 0.2) is 33.3 Å². The molecule has 0 radical (unpaired) electrons. The van der Waals surface area contributed by atoms with E-state index in [4.69, 9.17) is 4.74 Å². The van der Waals surface area contributed by atoms with Crippen LogP contribution < -0.4 is 5.69 Å². The number of nitrogens with zero attached hydrogens (tertiary/aromatic N) is 3. The van der Waals surface area contributed by atoms with Crippen molar-refractivity contribution in [2.75, 3.05) is 6.61 Å². The Hall–Kier alpha value is -2.09. The molecule has 0 aromatic carbocycles. The van der Waals surface area contributed by atoms with E-state index in [0.29, 0.717) is 22.4 Å². The number of ether oxygens (including phenoxy) is 1. The number of esters is 1. The molecule has 0 saturated carbocycles. The fraction of sp³-hybridized carbons (Fsp3) is 0.385. The second-order valence-electron chi connectivity index (χ2n) is 4.48. The van der Waals surface area contributed by atoms with Crippen molar-refractivity contribution in [3.63, 3.8) is 0 Å². The van der Waals surface area contributed by atoms with Crippen molar-refractivity contribution in [1.29, 1.82) is 0 Å². The second kappa shape index (κ2) is 6.57. The molecule has 0 saturated heterocycles. The lowest BCUT2D eigenvalue weighted by molar-refractivity contribution is 0.0525. The molecule has 0 aliphatic heterocycles. The highest BCUT2D eigenvalue weighted by atomic mass is 32.2. The quantitative estimate of drug-likeness (QED) is 0.848. The van der Waals surface area contributed by atoms with Gasteiger partial charge in [-0.2, -0.15) is 0 Å². The molecule has 8 heteroatoms. The molecule has 2 aromatic rings. The number of carbonyl (C=O) groups is 1. The van der Waals surface area contributed by atoms with E-state index >= 15 is 0 Å². The number of aromatic nitrogens is 4. The van der Waals surface area contributed by atoms with E-state index in [1.807, 2.05) is 13.8 Å². The molecule has 1 N–H and O–H groups in total. The third kappa shape index (κ3) is 3.52. The van der Waals surface area contributed by atoms with E-state index in [1.54, 1.807) is 23.6 Å². The highest BCUT2D eigenvalue weighted by molar-refractivity contribution is 7.99. The summed E-state index contributed by atoms with van der Waals surface area (Å²) in [6, 6.07) is 3.33. The molecular weight excluding hydrogens is 292 g/mol. The normalized spacial score (nSPS) is 10.9. The summed E-state index contributed by atoms with van der Waals surface area (Å²) in [6.45, 7) is 5.87. The van der Waals surface area contributed by atoms with Crippen molar-refractivity contribution in [3.05, 3.63) is 34.4 Å². The summed E-state index contributed by atoms with van der Waals surface area (Å²) in [7, 11) is 0. The molecule has 0 unspecified atom stereocenters. The SMILES string of the molecule is CCOC(=O)c1ccc(Sc2n[nH]c(=O)n2C(C)C)nc1. The standard InChI is InChI=1S/C13H16N4O3S/c1-4-20-11(18)9-5-6-10(14-7-9)21-13-16-15-12(19)17(13)8(2)3/h5-8H,4H2,1-3H3,(H,15,19). The van der Waals surface area contributed by atoms with Crippen molar-refractivity contribution in [3.8, 4) is 0 Å². The maximum Gasteiger partial charge on any atom is 0.344 e. The molecule has 7 nitrogen and oxygen atoms in total. The van der Waals surface area contributed by atoms with Crippen molar-refractivity contribution in [1.82, 2.24) is 19.7 Å². The number of nitrogens with one attached hydrogen (secondary N) is 1. The predicted octanol–water partition coefficient (Wildman–Crippen LogP) is 1.88. The first-order chi connectivity index (χ1) is 10.0. The lowest BCUT2D eigenvalue weighted by Crippen LogP contribution is -2.19. The van der Waals surface area contributed by atoms with E-state index in [0.717, 1.165) is 0 Å². The second-order valence-corrected chi connectivity index (χ2v) is 5.47. The van der Waals surface area contributed by atoms with E-state index in [-0.39, 0.29) is 11.7 Å². The van der Waals surface area contributed by atoms with Crippen LogP contribution >= 0.6 is 11.8 Å². The summed E-state index contributed by atoms with van der Waals surface area (Å²) < 4.78 is 6.44. The largest absolute Gasteiger partial charge is 0.462 e. The topological polar surface area (TPSA) is 89.9 Å². The summed E-state index contributed by atoms with van der Waals surface area (Å²) in [4.78, 5) is 27.3. The number of H-pyrrole nitrogens is 1. The minimum Gasteiger partial charge on any atom is -0.462 e. The Balaban J connectivity index is 2.18. The van der Waals surface area contributed by atoms with Gasteiger partial charge in [-0.15, -0.1) is 5.10 Å². The van der Waals surface area contributed by atoms with Crippen LogP contribution in [0.5, 0.6) is 0 Å². The summed E-state index contributed by atoms with van der Waals surface area (Å²) in [5.74, 6) is -0.402. The molecule has 0 fully saturated rings. The van der Waals surface area contributed by atoms with E-state index in [1.165, 1.54) is 18.0 Å². The van der Waals surface area contributed by atoms with Gasteiger partial charge in [-0.25, -0.2) is 19.7 Å². The minimum atomic E-state index is -0.402. The van der Waals surface area contributed by atoms with Gasteiger partial charge in [0.05, 0.1) is 12.2 Å². The van der Waals surface area contributed by atoms with Gasteiger partial charge in [-0.05, 0) is 44.7 Å². The molecule has 2 aromatic heterocycles. The van der Waals surface area contributed by atoms with Gasteiger partial charge < -0.3 is 4.74 Å². The van der Waals surface area contributed by atoms with Gasteiger partial charge >= 0.3 is 11.7 Å². The third-order valence-corrected chi connectivity index (χ3v) is 3.55. The zero-order valence-electron chi connectivity index (χ0n) is 12.0. The Kier molecular flexibility index (Phi) is 4.79. The van der Waals surface area contributed by atoms with Crippen LogP contribution in [0.4, 0.5) is 0 Å². The lowest BCUT2D eigenvalue weighted by atomic mass is 10.3. The minimum absolute atomic E-state index is 0.00226. The molecule has 21 heavy (non-hydrogen) atoms. The van der Waals surface area contributed by atoms with Crippen LogP contribution in [-0.4, -0.2) is 32.3 Å². The predicted molar refractivity (Wildman–Crippen MR) is 77.5 cm³/mol. The van der Waals surface area contributed by atoms with Crippen LogP contribution in [0, 0.1) is 0 Å². The van der Waals surface area contributed by atoms with Gasteiger partial charge in [-0.1, -0.05) is 0 Å². The Bertz CT molecular complexity index is 675. The Morgan fingerprint density at radius 2 is 2.24 bits per heavy atom. The number of rotatable bonds is 5. The highest BCUT2D eigenvalue weighted by Gasteiger charge is 2.14. The van der Waals surface area contributed by atoms with Gasteiger partial charge in [0, 0.05) is 12.2 Å². The number of pyridine rings is 1. The van der Waals surface area contributed by atoms with Gasteiger partial charge in [0.2, 0.25) is 0 Å². The molecule has 2 rings (SSSR count). The molecule has 0 aliphatic carbocycles. The zero-order chi connectivity index (χ0) is 15.4. The Morgan fingerprint density at radius 3 is 2.81 bits per heavy atom. The van der Waals surface area contributed by atoms with Gasteiger partial charge in [0.15, 0.2) is 5.16 Å². The Labute approximate surface area is 125 Å². The van der Waals surface area contributed by atoms with Crippen LogP contribution in [-0.2, 0) is 4.74 Å². The number of hydrogen-bond acceptors (Lipinski definition) is 6. The third-order valence-electron chi connectivity index (χ3n) is 2.63. The first-order valence-electron chi connectivity index (χ1n) is 6.50. The smallest absolute Gasteiger partial charge is 0.344 e. The molecule has 112 valence electrons. The molecule has 0 amide bonds.